The molecule has 0 bridgehead atoms. The molecule has 6 heteroatoms. The van der Waals surface area contributed by atoms with Crippen LogP contribution in [-0.2, 0) is 9.53 Å². The molecule has 2 N–H and O–H groups in total. The van der Waals surface area contributed by atoms with Crippen molar-refractivity contribution in [3.05, 3.63) is 34.9 Å². The molecule has 0 radical (unpaired) electrons. The molecule has 2 unspecified atom stereocenters. The number of piperidine rings is 1. The van der Waals surface area contributed by atoms with Crippen LogP contribution in [-0.4, -0.2) is 56.2 Å². The van der Waals surface area contributed by atoms with Gasteiger partial charge in [0, 0.05) is 24.7 Å². The van der Waals surface area contributed by atoms with Crippen molar-refractivity contribution in [1.82, 2.24) is 15.5 Å². The minimum absolute atomic E-state index is 0.0599. The number of benzene rings is 1. The minimum Gasteiger partial charge on any atom is -0.379 e. The zero-order valence-corrected chi connectivity index (χ0v) is 14.7. The summed E-state index contributed by atoms with van der Waals surface area (Å²) in [4.78, 5) is 14.8. The quantitative estimate of drug-likeness (QED) is 0.851. The summed E-state index contributed by atoms with van der Waals surface area (Å²) in [6, 6.07) is 7.92. The molecule has 2 heterocycles. The molecule has 2 aliphatic rings. The van der Waals surface area contributed by atoms with E-state index in [1.807, 2.05) is 24.3 Å². The van der Waals surface area contributed by atoms with Gasteiger partial charge < -0.3 is 15.4 Å². The summed E-state index contributed by atoms with van der Waals surface area (Å²) in [5.41, 5.74) is 1.07. The third-order valence-corrected chi connectivity index (χ3v) is 5.19. The fraction of sp³-hybridized carbons (Fsp3) is 0.611. The Morgan fingerprint density at radius 3 is 2.83 bits per heavy atom. The summed E-state index contributed by atoms with van der Waals surface area (Å²) < 4.78 is 5.46. The summed E-state index contributed by atoms with van der Waals surface area (Å²) in [6.07, 6.45) is 3.18. The molecule has 1 aromatic carbocycles. The largest absolute Gasteiger partial charge is 0.379 e. The maximum Gasteiger partial charge on any atom is 0.237 e. The number of morpholine rings is 1. The van der Waals surface area contributed by atoms with Gasteiger partial charge >= 0.3 is 0 Å². The van der Waals surface area contributed by atoms with Crippen molar-refractivity contribution >= 4 is 17.5 Å². The first-order valence-corrected chi connectivity index (χ1v) is 9.21. The lowest BCUT2D eigenvalue weighted by Gasteiger charge is -2.35. The van der Waals surface area contributed by atoms with Gasteiger partial charge in [-0.15, -0.1) is 0 Å². The molecular formula is C18H26ClN3O2. The summed E-state index contributed by atoms with van der Waals surface area (Å²) in [5.74, 6) is 0.0972. The summed E-state index contributed by atoms with van der Waals surface area (Å²) in [7, 11) is 0. The zero-order chi connectivity index (χ0) is 16.8. The maximum absolute atomic E-state index is 12.5. The molecule has 3 rings (SSSR count). The van der Waals surface area contributed by atoms with E-state index in [-0.39, 0.29) is 18.0 Å². The van der Waals surface area contributed by atoms with Gasteiger partial charge in [-0.05, 0) is 31.0 Å². The van der Waals surface area contributed by atoms with E-state index < -0.39 is 0 Å². The van der Waals surface area contributed by atoms with Crippen LogP contribution in [0, 0.1) is 0 Å². The molecule has 1 amide bonds. The Bertz CT molecular complexity index is 543. The number of carbonyl (C=O) groups is 1. The fourth-order valence-electron chi connectivity index (χ4n) is 3.47. The minimum atomic E-state index is -0.0599. The lowest BCUT2D eigenvalue weighted by molar-refractivity contribution is -0.124. The lowest BCUT2D eigenvalue weighted by atomic mass is 10.0. The number of rotatable bonds is 5. The first-order chi connectivity index (χ1) is 11.8. The van der Waals surface area contributed by atoms with Gasteiger partial charge in [-0.2, -0.15) is 0 Å². The molecule has 24 heavy (non-hydrogen) atoms. The number of nitrogens with zero attached hydrogens (tertiary/aromatic N) is 1. The molecule has 0 aliphatic carbocycles. The number of nitrogens with one attached hydrogen (secondary N) is 2. The average Bonchev–Trinajstić information content (AvgIpc) is 2.65. The highest BCUT2D eigenvalue weighted by Gasteiger charge is 2.26. The van der Waals surface area contributed by atoms with Crippen LogP contribution in [0.2, 0.25) is 5.02 Å². The van der Waals surface area contributed by atoms with E-state index in [2.05, 4.69) is 15.5 Å². The van der Waals surface area contributed by atoms with Crippen LogP contribution in [0.4, 0.5) is 0 Å². The van der Waals surface area contributed by atoms with Crippen LogP contribution < -0.4 is 10.6 Å². The average molecular weight is 352 g/mol. The number of hydrogen-bond acceptors (Lipinski definition) is 4. The number of halogens is 1. The highest BCUT2D eigenvalue weighted by molar-refractivity contribution is 6.31. The molecule has 2 atom stereocenters. The van der Waals surface area contributed by atoms with Gasteiger partial charge in [0.05, 0.1) is 25.3 Å². The van der Waals surface area contributed by atoms with Crippen molar-refractivity contribution in [3.8, 4) is 0 Å². The Labute approximate surface area is 148 Å². The van der Waals surface area contributed by atoms with Gasteiger partial charge in [-0.3, -0.25) is 9.69 Å². The van der Waals surface area contributed by atoms with Crippen molar-refractivity contribution < 1.29 is 9.53 Å². The second kappa shape index (κ2) is 8.81. The lowest BCUT2D eigenvalue weighted by Crippen LogP contribution is -2.49. The van der Waals surface area contributed by atoms with Crippen LogP contribution in [0.25, 0.3) is 0 Å². The summed E-state index contributed by atoms with van der Waals surface area (Å²) in [6.45, 7) is 4.65. The van der Waals surface area contributed by atoms with E-state index in [1.165, 1.54) is 0 Å². The molecule has 0 saturated carbocycles. The van der Waals surface area contributed by atoms with Crippen molar-refractivity contribution in [1.29, 1.82) is 0 Å². The smallest absolute Gasteiger partial charge is 0.237 e. The molecular weight excluding hydrogens is 326 g/mol. The van der Waals surface area contributed by atoms with Gasteiger partial charge in [0.2, 0.25) is 5.91 Å². The van der Waals surface area contributed by atoms with E-state index in [0.29, 0.717) is 6.54 Å². The van der Waals surface area contributed by atoms with E-state index in [1.54, 1.807) is 0 Å². The second-order valence-corrected chi connectivity index (χ2v) is 6.84. The number of ether oxygens (including phenoxy) is 1. The normalized spacial score (nSPS) is 23.6. The van der Waals surface area contributed by atoms with Gasteiger partial charge in [-0.25, -0.2) is 0 Å². The van der Waals surface area contributed by atoms with E-state index in [9.17, 15) is 4.79 Å². The summed E-state index contributed by atoms with van der Waals surface area (Å²) >= 11 is 6.42. The molecule has 0 aromatic heterocycles. The maximum atomic E-state index is 12.5. The van der Waals surface area contributed by atoms with Crippen molar-refractivity contribution in [3.63, 3.8) is 0 Å². The molecule has 2 saturated heterocycles. The monoisotopic (exact) mass is 351 g/mol. The molecule has 2 aliphatic heterocycles. The number of amides is 1. The standard InChI is InChI=1S/C18H26ClN3O2/c19-15-6-2-1-5-14(15)17(22-9-11-24-12-10-22)13-21-18(23)16-7-3-4-8-20-16/h1-2,5-6,16-17,20H,3-4,7-13H2,(H,21,23). The van der Waals surface area contributed by atoms with Crippen LogP contribution in [0.3, 0.4) is 0 Å². The predicted molar refractivity (Wildman–Crippen MR) is 95.2 cm³/mol. The van der Waals surface area contributed by atoms with E-state index in [0.717, 1.165) is 62.7 Å². The highest BCUT2D eigenvalue weighted by atomic mass is 35.5. The van der Waals surface area contributed by atoms with Crippen LogP contribution in [0.1, 0.15) is 30.9 Å². The molecule has 0 spiro atoms. The first kappa shape index (κ1) is 17.7. The molecule has 2 fully saturated rings. The Kier molecular flexibility index (Phi) is 6.49. The third-order valence-electron chi connectivity index (χ3n) is 4.85. The van der Waals surface area contributed by atoms with Gasteiger partial charge in [0.25, 0.3) is 0 Å². The van der Waals surface area contributed by atoms with Crippen molar-refractivity contribution in [2.75, 3.05) is 39.4 Å². The van der Waals surface area contributed by atoms with E-state index >= 15 is 0 Å². The summed E-state index contributed by atoms with van der Waals surface area (Å²) in [5, 5.41) is 7.18. The Hall–Kier alpha value is -1.14. The first-order valence-electron chi connectivity index (χ1n) is 8.83. The Balaban J connectivity index is 1.67. The fourth-order valence-corrected chi connectivity index (χ4v) is 3.73. The molecule has 132 valence electrons. The third kappa shape index (κ3) is 4.48. The zero-order valence-electron chi connectivity index (χ0n) is 14.0. The molecule has 5 nitrogen and oxygen atoms in total. The molecule has 1 aromatic rings. The number of carbonyl (C=O) groups excluding carboxylic acids is 1. The van der Waals surface area contributed by atoms with Gasteiger partial charge in [0.15, 0.2) is 0 Å². The topological polar surface area (TPSA) is 53.6 Å². The highest BCUT2D eigenvalue weighted by Crippen LogP contribution is 2.27. The van der Waals surface area contributed by atoms with Crippen LogP contribution in [0.15, 0.2) is 24.3 Å². The second-order valence-electron chi connectivity index (χ2n) is 6.43. The van der Waals surface area contributed by atoms with Crippen LogP contribution in [0.5, 0.6) is 0 Å². The predicted octanol–water partition coefficient (Wildman–Crippen LogP) is 1.97. The Morgan fingerprint density at radius 2 is 2.12 bits per heavy atom. The van der Waals surface area contributed by atoms with Gasteiger partial charge in [0.1, 0.15) is 0 Å². The van der Waals surface area contributed by atoms with Crippen molar-refractivity contribution in [2.45, 2.75) is 31.3 Å². The van der Waals surface area contributed by atoms with Crippen LogP contribution >= 0.6 is 11.6 Å². The van der Waals surface area contributed by atoms with Gasteiger partial charge in [-0.1, -0.05) is 36.2 Å². The number of hydrogen-bond donors (Lipinski definition) is 2. The SMILES string of the molecule is O=C(NCC(c1ccccc1Cl)N1CCOCC1)C1CCCCN1. The Morgan fingerprint density at radius 1 is 1.33 bits per heavy atom. The van der Waals surface area contributed by atoms with E-state index in [4.69, 9.17) is 16.3 Å². The van der Waals surface area contributed by atoms with Crippen molar-refractivity contribution in [2.24, 2.45) is 0 Å².